The molecule has 0 aliphatic carbocycles. The van der Waals surface area contributed by atoms with E-state index in [1.165, 1.54) is 31.3 Å². The molecule has 0 aromatic heterocycles. The second-order valence-corrected chi connectivity index (χ2v) is 7.00. The molecule has 0 saturated carbocycles. The fourth-order valence-corrected chi connectivity index (χ4v) is 3.90. The summed E-state index contributed by atoms with van der Waals surface area (Å²) in [7, 11) is 1.50. The van der Waals surface area contributed by atoms with Crippen molar-refractivity contribution in [2.75, 3.05) is 12.8 Å². The van der Waals surface area contributed by atoms with E-state index in [1.54, 1.807) is 0 Å². The molecule has 2 saturated heterocycles. The number of nitrogen functional groups attached to an aromatic ring is 1. The number of nitrogens with zero attached hydrogens (tertiary/aromatic N) is 1. The lowest BCUT2D eigenvalue weighted by Gasteiger charge is -2.42. The van der Waals surface area contributed by atoms with Gasteiger partial charge in [0.25, 0.3) is 0 Å². The minimum absolute atomic E-state index is 0.0815. The lowest BCUT2D eigenvalue weighted by Crippen LogP contribution is -2.64. The van der Waals surface area contributed by atoms with Crippen LogP contribution in [0.3, 0.4) is 0 Å². The molecule has 0 bridgehead atoms. The standard InChI is InChI=1S/C15H18F3N3O4S/c1-20-14-21-8-9(22)10(23)11(25-13(8)26-14)12(15(16,17)18)24-7-4-2-6(19)3-5-7/h2-5,8-13,22-23H,19H2,1H3,(H,20,21). The van der Waals surface area contributed by atoms with Gasteiger partial charge >= 0.3 is 6.18 Å². The molecule has 2 aliphatic heterocycles. The van der Waals surface area contributed by atoms with E-state index in [2.05, 4.69) is 10.3 Å². The van der Waals surface area contributed by atoms with Gasteiger partial charge in [0.1, 0.15) is 29.5 Å². The molecule has 0 amide bonds. The number of aliphatic hydroxyl groups excluding tert-OH is 2. The van der Waals surface area contributed by atoms with Crippen LogP contribution < -0.4 is 15.8 Å². The fourth-order valence-electron chi connectivity index (χ4n) is 2.81. The number of hydrogen-bond donors (Lipinski definition) is 4. The highest BCUT2D eigenvalue weighted by molar-refractivity contribution is 8.14. The van der Waals surface area contributed by atoms with Gasteiger partial charge in [0, 0.05) is 12.7 Å². The highest BCUT2D eigenvalue weighted by Gasteiger charge is 2.58. The lowest BCUT2D eigenvalue weighted by atomic mass is 9.94. The molecule has 2 fully saturated rings. The fraction of sp³-hybridized carbons (Fsp3) is 0.533. The Balaban J connectivity index is 1.85. The Morgan fingerprint density at radius 3 is 2.50 bits per heavy atom. The molecule has 6 atom stereocenters. The van der Waals surface area contributed by atoms with Gasteiger partial charge in [0.15, 0.2) is 5.17 Å². The summed E-state index contributed by atoms with van der Waals surface area (Å²) in [6.07, 6.45) is -12.4. The van der Waals surface area contributed by atoms with E-state index in [-0.39, 0.29) is 5.75 Å². The van der Waals surface area contributed by atoms with Crippen molar-refractivity contribution in [3.8, 4) is 5.75 Å². The molecular formula is C15H18F3N3O4S. The van der Waals surface area contributed by atoms with Crippen LogP contribution in [0.25, 0.3) is 0 Å². The molecule has 26 heavy (non-hydrogen) atoms. The third-order valence-electron chi connectivity index (χ3n) is 4.12. The van der Waals surface area contributed by atoms with Gasteiger partial charge in [-0.2, -0.15) is 13.2 Å². The highest BCUT2D eigenvalue weighted by Crippen LogP contribution is 2.39. The number of fused-ring (bicyclic) bond motifs is 1. The number of alkyl halides is 3. The Labute approximate surface area is 151 Å². The van der Waals surface area contributed by atoms with Crippen LogP contribution in [0, 0.1) is 0 Å². The summed E-state index contributed by atoms with van der Waals surface area (Å²) in [5.41, 5.74) is 5.05. The van der Waals surface area contributed by atoms with Crippen LogP contribution in [0.4, 0.5) is 18.9 Å². The summed E-state index contributed by atoms with van der Waals surface area (Å²) < 4.78 is 51.3. The van der Waals surface area contributed by atoms with E-state index in [1.807, 2.05) is 0 Å². The van der Waals surface area contributed by atoms with Gasteiger partial charge in [0.2, 0.25) is 6.10 Å². The van der Waals surface area contributed by atoms with Crippen LogP contribution in [-0.4, -0.2) is 64.5 Å². The molecule has 7 nitrogen and oxygen atoms in total. The van der Waals surface area contributed by atoms with E-state index < -0.39 is 42.1 Å². The SMILES string of the molecule is CN=C1NC2C(OC(C(Oc3ccc(N)cc3)C(F)(F)F)C(O)C2O)S1. The number of nitrogens with two attached hydrogens (primary N) is 1. The first-order chi connectivity index (χ1) is 12.2. The number of hydrogen-bond acceptors (Lipinski definition) is 7. The first kappa shape index (κ1) is 19.1. The summed E-state index contributed by atoms with van der Waals surface area (Å²) >= 11 is 1.05. The van der Waals surface area contributed by atoms with E-state index >= 15 is 0 Å². The topological polar surface area (TPSA) is 109 Å². The minimum Gasteiger partial charge on any atom is -0.478 e. The zero-order valence-corrected chi connectivity index (χ0v) is 14.4. The van der Waals surface area contributed by atoms with Crippen molar-refractivity contribution >= 4 is 22.6 Å². The lowest BCUT2D eigenvalue weighted by molar-refractivity contribution is -0.264. The molecule has 144 valence electrons. The van der Waals surface area contributed by atoms with Crippen molar-refractivity contribution in [1.82, 2.24) is 5.32 Å². The second-order valence-electron chi connectivity index (χ2n) is 5.92. The number of nitrogens with one attached hydrogen (secondary N) is 1. The number of aliphatic imine (C=N–C) groups is 1. The summed E-state index contributed by atoms with van der Waals surface area (Å²) in [4.78, 5) is 3.90. The average Bonchev–Trinajstić information content (AvgIpc) is 3.00. The smallest absolute Gasteiger partial charge is 0.428 e. The monoisotopic (exact) mass is 393 g/mol. The number of aliphatic hydroxyl groups is 2. The Hall–Kier alpha value is -1.69. The maximum Gasteiger partial charge on any atom is 0.428 e. The van der Waals surface area contributed by atoms with Crippen LogP contribution in [0.15, 0.2) is 29.3 Å². The molecule has 11 heteroatoms. The van der Waals surface area contributed by atoms with Crippen molar-refractivity contribution in [3.63, 3.8) is 0 Å². The third kappa shape index (κ3) is 3.70. The Morgan fingerprint density at radius 2 is 1.92 bits per heavy atom. The minimum atomic E-state index is -4.84. The Morgan fingerprint density at radius 1 is 1.27 bits per heavy atom. The molecular weight excluding hydrogens is 375 g/mol. The van der Waals surface area contributed by atoms with E-state index in [9.17, 15) is 23.4 Å². The molecule has 3 rings (SSSR count). The van der Waals surface area contributed by atoms with Crippen molar-refractivity contribution in [1.29, 1.82) is 0 Å². The molecule has 2 aliphatic rings. The second kappa shape index (κ2) is 7.14. The van der Waals surface area contributed by atoms with Crippen molar-refractivity contribution in [2.45, 2.75) is 42.1 Å². The molecule has 0 spiro atoms. The Kier molecular flexibility index (Phi) is 5.24. The largest absolute Gasteiger partial charge is 0.478 e. The van der Waals surface area contributed by atoms with Gasteiger partial charge < -0.3 is 30.7 Å². The van der Waals surface area contributed by atoms with Gasteiger partial charge in [-0.3, -0.25) is 4.99 Å². The van der Waals surface area contributed by atoms with E-state index in [0.717, 1.165) is 11.8 Å². The number of benzene rings is 1. The van der Waals surface area contributed by atoms with Gasteiger partial charge in [-0.1, -0.05) is 11.8 Å². The van der Waals surface area contributed by atoms with Crippen LogP contribution in [-0.2, 0) is 4.74 Å². The summed E-state index contributed by atoms with van der Waals surface area (Å²) in [6.45, 7) is 0. The normalized spacial score (nSPS) is 34.2. The molecule has 0 radical (unpaired) electrons. The summed E-state index contributed by atoms with van der Waals surface area (Å²) in [6, 6.07) is 4.60. The molecule has 1 aromatic rings. The maximum atomic E-state index is 13.6. The number of thioether (sulfide) groups is 1. The number of rotatable bonds is 3. The average molecular weight is 393 g/mol. The van der Waals surface area contributed by atoms with E-state index in [4.69, 9.17) is 15.2 Å². The van der Waals surface area contributed by atoms with Gasteiger partial charge in [-0.15, -0.1) is 0 Å². The van der Waals surface area contributed by atoms with Crippen LogP contribution >= 0.6 is 11.8 Å². The maximum absolute atomic E-state index is 13.6. The summed E-state index contributed by atoms with van der Waals surface area (Å²) in [5.74, 6) is -0.0815. The number of amidine groups is 1. The van der Waals surface area contributed by atoms with Crippen LogP contribution in [0.5, 0.6) is 5.75 Å². The summed E-state index contributed by atoms with van der Waals surface area (Å²) in [5, 5.41) is 23.7. The molecule has 1 aromatic carbocycles. The third-order valence-corrected chi connectivity index (χ3v) is 5.28. The molecule has 6 unspecified atom stereocenters. The zero-order chi connectivity index (χ0) is 19.1. The quantitative estimate of drug-likeness (QED) is 0.560. The Bertz CT molecular complexity index is 673. The van der Waals surface area contributed by atoms with Crippen LogP contribution in [0.2, 0.25) is 0 Å². The predicted octanol–water partition coefficient (Wildman–Crippen LogP) is 0.716. The number of halogens is 3. The molecule has 5 N–H and O–H groups in total. The first-order valence-electron chi connectivity index (χ1n) is 7.71. The van der Waals surface area contributed by atoms with E-state index in [0.29, 0.717) is 10.9 Å². The van der Waals surface area contributed by atoms with Crippen molar-refractivity contribution in [3.05, 3.63) is 24.3 Å². The number of anilines is 1. The van der Waals surface area contributed by atoms with Crippen molar-refractivity contribution in [2.24, 2.45) is 4.99 Å². The highest BCUT2D eigenvalue weighted by atomic mass is 32.2. The van der Waals surface area contributed by atoms with Gasteiger partial charge in [-0.25, -0.2) is 0 Å². The van der Waals surface area contributed by atoms with Gasteiger partial charge in [-0.05, 0) is 24.3 Å². The van der Waals surface area contributed by atoms with Gasteiger partial charge in [0.05, 0.1) is 6.04 Å². The molecule has 2 heterocycles. The first-order valence-corrected chi connectivity index (χ1v) is 8.59. The zero-order valence-electron chi connectivity index (χ0n) is 13.6. The number of ether oxygens (including phenoxy) is 2. The predicted molar refractivity (Wildman–Crippen MR) is 89.9 cm³/mol. The van der Waals surface area contributed by atoms with Crippen molar-refractivity contribution < 1.29 is 32.9 Å². The van der Waals surface area contributed by atoms with Crippen LogP contribution in [0.1, 0.15) is 0 Å².